The van der Waals surface area contributed by atoms with Gasteiger partial charge in [0.25, 0.3) is 0 Å². The lowest BCUT2D eigenvalue weighted by molar-refractivity contribution is 0.577. The number of aliphatic imine (C=N–C) groups is 1. The maximum Gasteiger partial charge on any atom is 0.0963 e. The van der Waals surface area contributed by atoms with Crippen LogP contribution >= 0.6 is 0 Å². The van der Waals surface area contributed by atoms with Crippen molar-refractivity contribution in [3.63, 3.8) is 0 Å². The van der Waals surface area contributed by atoms with Crippen LogP contribution in [0.4, 0.5) is 0 Å². The van der Waals surface area contributed by atoms with E-state index in [1.54, 1.807) is 0 Å². The fourth-order valence-corrected chi connectivity index (χ4v) is 1.19. The summed E-state index contributed by atoms with van der Waals surface area (Å²) >= 11 is 0. The molecule has 0 aromatic carbocycles. The molecule has 0 aromatic heterocycles. The van der Waals surface area contributed by atoms with Gasteiger partial charge in [-0.05, 0) is 18.8 Å². The number of nitrogens with one attached hydrogen (secondary N) is 1. The Hall–Kier alpha value is -0.530. The van der Waals surface area contributed by atoms with Crippen molar-refractivity contribution >= 4 is 5.84 Å². The summed E-state index contributed by atoms with van der Waals surface area (Å²) in [6.07, 6.45) is 3.65. The zero-order chi connectivity index (χ0) is 8.10. The SMILES string of the molecule is CC(C)CCNC1=NCCC1. The molecule has 1 heterocycles. The van der Waals surface area contributed by atoms with Gasteiger partial charge in [-0.2, -0.15) is 0 Å². The largest absolute Gasteiger partial charge is 0.374 e. The number of rotatable bonds is 3. The lowest BCUT2D eigenvalue weighted by atomic mass is 10.1. The monoisotopic (exact) mass is 154 g/mol. The second kappa shape index (κ2) is 4.37. The van der Waals surface area contributed by atoms with Crippen molar-refractivity contribution in [3.8, 4) is 0 Å². The third-order valence-electron chi connectivity index (χ3n) is 1.93. The highest BCUT2D eigenvalue weighted by Crippen LogP contribution is 2.02. The van der Waals surface area contributed by atoms with E-state index < -0.39 is 0 Å². The van der Waals surface area contributed by atoms with Crippen molar-refractivity contribution in [1.82, 2.24) is 5.32 Å². The van der Waals surface area contributed by atoms with Crippen molar-refractivity contribution in [2.24, 2.45) is 10.9 Å². The maximum absolute atomic E-state index is 4.34. The van der Waals surface area contributed by atoms with Crippen LogP contribution in [0.2, 0.25) is 0 Å². The molecule has 1 N–H and O–H groups in total. The van der Waals surface area contributed by atoms with E-state index in [1.165, 1.54) is 18.7 Å². The quantitative estimate of drug-likeness (QED) is 0.658. The minimum Gasteiger partial charge on any atom is -0.374 e. The first-order chi connectivity index (χ1) is 5.29. The van der Waals surface area contributed by atoms with Gasteiger partial charge in [-0.25, -0.2) is 0 Å². The molecule has 0 atom stereocenters. The van der Waals surface area contributed by atoms with Crippen LogP contribution in [0.15, 0.2) is 4.99 Å². The molecule has 1 rings (SSSR count). The first-order valence-electron chi connectivity index (χ1n) is 4.56. The number of nitrogens with zero attached hydrogens (tertiary/aromatic N) is 1. The summed E-state index contributed by atoms with van der Waals surface area (Å²) in [7, 11) is 0. The lowest BCUT2D eigenvalue weighted by Gasteiger charge is -2.06. The van der Waals surface area contributed by atoms with Crippen LogP contribution in [-0.2, 0) is 0 Å². The van der Waals surface area contributed by atoms with Crippen molar-refractivity contribution in [3.05, 3.63) is 0 Å². The second-order valence-corrected chi connectivity index (χ2v) is 3.54. The Morgan fingerprint density at radius 2 is 2.36 bits per heavy atom. The zero-order valence-corrected chi connectivity index (χ0v) is 7.56. The summed E-state index contributed by atoms with van der Waals surface area (Å²) in [5.41, 5.74) is 0. The molecule has 1 aliphatic rings. The van der Waals surface area contributed by atoms with Crippen LogP contribution in [-0.4, -0.2) is 18.9 Å². The molecule has 0 radical (unpaired) electrons. The van der Waals surface area contributed by atoms with Gasteiger partial charge in [0.1, 0.15) is 0 Å². The van der Waals surface area contributed by atoms with E-state index in [1.807, 2.05) is 0 Å². The van der Waals surface area contributed by atoms with Crippen LogP contribution in [0.1, 0.15) is 33.1 Å². The molecule has 11 heavy (non-hydrogen) atoms. The predicted octanol–water partition coefficient (Wildman–Crippen LogP) is 1.81. The highest BCUT2D eigenvalue weighted by molar-refractivity contribution is 5.83. The standard InChI is InChI=1S/C9H18N2/c1-8(2)5-7-11-9-4-3-6-10-9/h8H,3-7H2,1-2H3,(H,10,11). The molecule has 0 unspecified atom stereocenters. The molecule has 2 nitrogen and oxygen atoms in total. The Morgan fingerprint density at radius 3 is 2.91 bits per heavy atom. The Kier molecular flexibility index (Phi) is 3.40. The summed E-state index contributed by atoms with van der Waals surface area (Å²) in [4.78, 5) is 4.34. The van der Waals surface area contributed by atoms with Gasteiger partial charge in [-0.15, -0.1) is 0 Å². The molecule has 0 fully saturated rings. The highest BCUT2D eigenvalue weighted by Gasteiger charge is 2.04. The van der Waals surface area contributed by atoms with E-state index in [4.69, 9.17) is 0 Å². The summed E-state index contributed by atoms with van der Waals surface area (Å²) < 4.78 is 0. The van der Waals surface area contributed by atoms with Crippen molar-refractivity contribution in [2.45, 2.75) is 33.1 Å². The summed E-state index contributed by atoms with van der Waals surface area (Å²) in [6, 6.07) is 0. The average Bonchev–Trinajstić information content (AvgIpc) is 2.39. The van der Waals surface area contributed by atoms with Crippen LogP contribution in [0.5, 0.6) is 0 Å². The molecule has 0 spiro atoms. The van der Waals surface area contributed by atoms with Crippen LogP contribution < -0.4 is 5.32 Å². The van der Waals surface area contributed by atoms with E-state index in [0.29, 0.717) is 0 Å². The molecule has 0 saturated heterocycles. The van der Waals surface area contributed by atoms with Gasteiger partial charge in [0.15, 0.2) is 0 Å². The normalized spacial score (nSPS) is 17.2. The summed E-state index contributed by atoms with van der Waals surface area (Å²) in [5, 5.41) is 3.36. The topological polar surface area (TPSA) is 24.4 Å². The van der Waals surface area contributed by atoms with E-state index in [-0.39, 0.29) is 0 Å². The van der Waals surface area contributed by atoms with Gasteiger partial charge in [0.05, 0.1) is 5.84 Å². The van der Waals surface area contributed by atoms with Gasteiger partial charge in [-0.3, -0.25) is 4.99 Å². The van der Waals surface area contributed by atoms with E-state index >= 15 is 0 Å². The van der Waals surface area contributed by atoms with Gasteiger partial charge in [0, 0.05) is 19.5 Å². The van der Waals surface area contributed by atoms with E-state index in [9.17, 15) is 0 Å². The third-order valence-corrected chi connectivity index (χ3v) is 1.93. The smallest absolute Gasteiger partial charge is 0.0963 e. The van der Waals surface area contributed by atoms with E-state index in [2.05, 4.69) is 24.2 Å². The molecule has 0 aromatic rings. The average molecular weight is 154 g/mol. The number of hydrogen-bond donors (Lipinski definition) is 1. The van der Waals surface area contributed by atoms with Crippen LogP contribution in [0.25, 0.3) is 0 Å². The van der Waals surface area contributed by atoms with Crippen LogP contribution in [0, 0.1) is 5.92 Å². The molecule has 2 heteroatoms. The molecule has 0 saturated carbocycles. The fraction of sp³-hybridized carbons (Fsp3) is 0.889. The van der Waals surface area contributed by atoms with Gasteiger partial charge in [0.2, 0.25) is 0 Å². The molecule has 1 aliphatic heterocycles. The van der Waals surface area contributed by atoms with Gasteiger partial charge < -0.3 is 5.32 Å². The zero-order valence-electron chi connectivity index (χ0n) is 7.56. The van der Waals surface area contributed by atoms with Gasteiger partial charge >= 0.3 is 0 Å². The van der Waals surface area contributed by atoms with Gasteiger partial charge in [-0.1, -0.05) is 13.8 Å². The lowest BCUT2D eigenvalue weighted by Crippen LogP contribution is -2.23. The third kappa shape index (κ3) is 3.40. The minimum absolute atomic E-state index is 0.796. The molecule has 0 bridgehead atoms. The Morgan fingerprint density at radius 1 is 1.55 bits per heavy atom. The summed E-state index contributed by atoms with van der Waals surface area (Å²) in [5.74, 6) is 2.02. The number of amidine groups is 1. The van der Waals surface area contributed by atoms with Crippen LogP contribution in [0.3, 0.4) is 0 Å². The first-order valence-corrected chi connectivity index (χ1v) is 4.56. The predicted molar refractivity (Wildman–Crippen MR) is 49.0 cm³/mol. The van der Waals surface area contributed by atoms with Crippen molar-refractivity contribution in [2.75, 3.05) is 13.1 Å². The Labute approximate surface area is 69.1 Å². The summed E-state index contributed by atoms with van der Waals surface area (Å²) in [6.45, 7) is 6.62. The van der Waals surface area contributed by atoms with Crippen molar-refractivity contribution < 1.29 is 0 Å². The molecule has 0 aliphatic carbocycles. The minimum atomic E-state index is 0.796. The second-order valence-electron chi connectivity index (χ2n) is 3.54. The van der Waals surface area contributed by atoms with Crippen molar-refractivity contribution in [1.29, 1.82) is 0 Å². The van der Waals surface area contributed by atoms with E-state index in [0.717, 1.165) is 25.4 Å². The first kappa shape index (κ1) is 8.57. The maximum atomic E-state index is 4.34. The Bertz CT molecular complexity index is 138. The highest BCUT2D eigenvalue weighted by atomic mass is 15.0. The number of hydrogen-bond acceptors (Lipinski definition) is 2. The molecule has 64 valence electrons. The fourth-order valence-electron chi connectivity index (χ4n) is 1.19. The Balaban J connectivity index is 2.03. The molecular weight excluding hydrogens is 136 g/mol. The molecule has 0 amide bonds. The molecular formula is C9H18N2.